The van der Waals surface area contributed by atoms with E-state index in [1.165, 1.54) is 12.1 Å². The van der Waals surface area contributed by atoms with Crippen LogP contribution in [0.4, 0.5) is 13.2 Å². The van der Waals surface area contributed by atoms with Crippen molar-refractivity contribution in [1.82, 2.24) is 0 Å². The van der Waals surface area contributed by atoms with Gasteiger partial charge in [0.05, 0.1) is 5.56 Å². The van der Waals surface area contributed by atoms with E-state index in [2.05, 4.69) is 4.74 Å². The normalized spacial score (nSPS) is 10.8. The summed E-state index contributed by atoms with van der Waals surface area (Å²) in [4.78, 5) is 0. The lowest BCUT2D eigenvalue weighted by atomic mass is 10.1. The van der Waals surface area contributed by atoms with Gasteiger partial charge < -0.3 is 4.74 Å². The summed E-state index contributed by atoms with van der Waals surface area (Å²) in [6.45, 7) is 1.68. The van der Waals surface area contributed by atoms with E-state index in [1.54, 1.807) is 13.0 Å². The van der Waals surface area contributed by atoms with Crippen LogP contribution < -0.4 is 4.74 Å². The van der Waals surface area contributed by atoms with E-state index in [0.717, 1.165) is 6.07 Å². The van der Waals surface area contributed by atoms with Gasteiger partial charge in [0, 0.05) is 0 Å². The number of aryl methyl sites for hydroxylation is 1. The Morgan fingerprint density at radius 3 is 2.50 bits per heavy atom. The Morgan fingerprint density at radius 2 is 2.00 bits per heavy atom. The summed E-state index contributed by atoms with van der Waals surface area (Å²) in [5, 5.41) is 8.54. The molecule has 0 aliphatic carbocycles. The van der Waals surface area contributed by atoms with E-state index >= 15 is 0 Å². The number of hydrogen-bond acceptors (Lipinski definition) is 2. The van der Waals surface area contributed by atoms with Crippen LogP contribution in [0.3, 0.4) is 0 Å². The summed E-state index contributed by atoms with van der Waals surface area (Å²) in [5.41, 5.74) is 0.582. The molecule has 0 spiro atoms. The number of nitrogens with zero attached hydrogens (tertiary/aromatic N) is 1. The molecule has 0 amide bonds. The van der Waals surface area contributed by atoms with E-state index in [1.807, 2.05) is 0 Å². The molecule has 2 nitrogen and oxygen atoms in total. The lowest BCUT2D eigenvalue weighted by molar-refractivity contribution is -0.274. The van der Waals surface area contributed by atoms with Gasteiger partial charge in [0.2, 0.25) is 0 Å². The molecule has 5 heteroatoms. The molecule has 74 valence electrons. The van der Waals surface area contributed by atoms with Crippen molar-refractivity contribution in [2.75, 3.05) is 0 Å². The fourth-order valence-electron chi connectivity index (χ4n) is 0.945. The van der Waals surface area contributed by atoms with E-state index < -0.39 is 12.1 Å². The Morgan fingerprint density at radius 1 is 1.36 bits per heavy atom. The predicted molar refractivity (Wildman–Crippen MR) is 42.6 cm³/mol. The summed E-state index contributed by atoms with van der Waals surface area (Å²) >= 11 is 0. The molecule has 0 heterocycles. The zero-order valence-electron chi connectivity index (χ0n) is 7.22. The standard InChI is InChI=1S/C9H6F3NO/c1-6-2-3-8(7(4-6)5-13)14-9(10,11)12/h2-4H,1H3. The third-order valence-corrected chi connectivity index (χ3v) is 1.48. The van der Waals surface area contributed by atoms with E-state index in [9.17, 15) is 13.2 Å². The van der Waals surface area contributed by atoms with Crippen molar-refractivity contribution < 1.29 is 17.9 Å². The molecule has 0 bridgehead atoms. The van der Waals surface area contributed by atoms with Crippen LogP contribution in [0.1, 0.15) is 11.1 Å². The Hall–Kier alpha value is -1.70. The van der Waals surface area contributed by atoms with Gasteiger partial charge in [-0.3, -0.25) is 0 Å². The van der Waals surface area contributed by atoms with Crippen LogP contribution >= 0.6 is 0 Å². The molecule has 0 atom stereocenters. The second-order valence-electron chi connectivity index (χ2n) is 2.66. The molecule has 1 aromatic carbocycles. The van der Waals surface area contributed by atoms with Gasteiger partial charge in [0.25, 0.3) is 0 Å². The molecular weight excluding hydrogens is 195 g/mol. The number of alkyl halides is 3. The average molecular weight is 201 g/mol. The van der Waals surface area contributed by atoms with Gasteiger partial charge in [-0.05, 0) is 24.6 Å². The van der Waals surface area contributed by atoms with Crippen molar-refractivity contribution in [2.24, 2.45) is 0 Å². The van der Waals surface area contributed by atoms with Gasteiger partial charge in [0.15, 0.2) is 0 Å². The van der Waals surface area contributed by atoms with Gasteiger partial charge in [-0.1, -0.05) is 6.07 Å². The molecule has 0 N–H and O–H groups in total. The van der Waals surface area contributed by atoms with Crippen LogP contribution in [0.2, 0.25) is 0 Å². The first-order valence-corrected chi connectivity index (χ1v) is 3.69. The first-order chi connectivity index (χ1) is 6.42. The minimum absolute atomic E-state index is 0.123. The molecule has 0 aliphatic rings. The molecule has 0 unspecified atom stereocenters. The zero-order valence-corrected chi connectivity index (χ0v) is 7.22. The number of nitriles is 1. The van der Waals surface area contributed by atoms with Crippen molar-refractivity contribution in [3.8, 4) is 11.8 Å². The van der Waals surface area contributed by atoms with Crippen molar-refractivity contribution in [3.05, 3.63) is 29.3 Å². The van der Waals surface area contributed by atoms with Crippen LogP contribution in [0.25, 0.3) is 0 Å². The maximum absolute atomic E-state index is 11.8. The minimum Gasteiger partial charge on any atom is -0.404 e. The summed E-state index contributed by atoms with van der Waals surface area (Å²) < 4.78 is 39.1. The fraction of sp³-hybridized carbons (Fsp3) is 0.222. The smallest absolute Gasteiger partial charge is 0.404 e. The Kier molecular flexibility index (Phi) is 2.65. The average Bonchev–Trinajstić information content (AvgIpc) is 2.06. The molecule has 0 radical (unpaired) electrons. The van der Waals surface area contributed by atoms with Gasteiger partial charge in [0.1, 0.15) is 11.8 Å². The van der Waals surface area contributed by atoms with Gasteiger partial charge in [-0.15, -0.1) is 13.2 Å². The Bertz CT molecular complexity index is 379. The van der Waals surface area contributed by atoms with Crippen molar-refractivity contribution in [2.45, 2.75) is 13.3 Å². The number of ether oxygens (including phenoxy) is 1. The van der Waals surface area contributed by atoms with E-state index in [0.29, 0.717) is 5.56 Å². The second-order valence-corrected chi connectivity index (χ2v) is 2.66. The quantitative estimate of drug-likeness (QED) is 0.699. The number of rotatable bonds is 1. The van der Waals surface area contributed by atoms with E-state index in [-0.39, 0.29) is 5.56 Å². The highest BCUT2D eigenvalue weighted by Gasteiger charge is 2.32. The number of benzene rings is 1. The van der Waals surface area contributed by atoms with Crippen molar-refractivity contribution in [3.63, 3.8) is 0 Å². The molecule has 0 aromatic heterocycles. The third-order valence-electron chi connectivity index (χ3n) is 1.48. The van der Waals surface area contributed by atoms with Gasteiger partial charge >= 0.3 is 6.36 Å². The topological polar surface area (TPSA) is 33.0 Å². The van der Waals surface area contributed by atoms with Crippen LogP contribution in [0, 0.1) is 18.3 Å². The highest BCUT2D eigenvalue weighted by atomic mass is 19.4. The van der Waals surface area contributed by atoms with Crippen molar-refractivity contribution >= 4 is 0 Å². The maximum Gasteiger partial charge on any atom is 0.573 e. The SMILES string of the molecule is Cc1ccc(OC(F)(F)F)c(C#N)c1. The Balaban J connectivity index is 3.05. The van der Waals surface area contributed by atoms with Crippen LogP contribution in [0.15, 0.2) is 18.2 Å². The summed E-state index contributed by atoms with van der Waals surface area (Å²) in [6, 6.07) is 5.54. The van der Waals surface area contributed by atoms with Crippen LogP contribution in [0.5, 0.6) is 5.75 Å². The zero-order chi connectivity index (χ0) is 10.8. The molecule has 0 saturated heterocycles. The molecule has 1 aromatic rings. The first-order valence-electron chi connectivity index (χ1n) is 3.69. The molecule has 1 rings (SSSR count). The molecule has 0 fully saturated rings. The summed E-state index contributed by atoms with van der Waals surface area (Å²) in [7, 11) is 0. The Labute approximate surface area is 78.5 Å². The van der Waals surface area contributed by atoms with Crippen molar-refractivity contribution in [1.29, 1.82) is 5.26 Å². The molecular formula is C9H6F3NO. The lowest BCUT2D eigenvalue weighted by Crippen LogP contribution is -2.17. The number of halogens is 3. The monoisotopic (exact) mass is 201 g/mol. The highest BCUT2D eigenvalue weighted by molar-refractivity contribution is 5.45. The second kappa shape index (κ2) is 3.58. The summed E-state index contributed by atoms with van der Waals surface area (Å²) in [6.07, 6.45) is -4.76. The third kappa shape index (κ3) is 2.66. The van der Waals surface area contributed by atoms with Gasteiger partial charge in [-0.25, -0.2) is 0 Å². The highest BCUT2D eigenvalue weighted by Crippen LogP contribution is 2.26. The largest absolute Gasteiger partial charge is 0.573 e. The number of hydrogen-bond donors (Lipinski definition) is 0. The molecule has 0 saturated carbocycles. The summed E-state index contributed by atoms with van der Waals surface area (Å²) in [5.74, 6) is -0.467. The fourth-order valence-corrected chi connectivity index (χ4v) is 0.945. The maximum atomic E-state index is 11.8. The van der Waals surface area contributed by atoms with Crippen LogP contribution in [-0.4, -0.2) is 6.36 Å². The first kappa shape index (κ1) is 10.4. The van der Waals surface area contributed by atoms with Gasteiger partial charge in [-0.2, -0.15) is 5.26 Å². The predicted octanol–water partition coefficient (Wildman–Crippen LogP) is 2.77. The lowest BCUT2D eigenvalue weighted by Gasteiger charge is -2.10. The minimum atomic E-state index is -4.76. The molecule has 0 aliphatic heterocycles. The van der Waals surface area contributed by atoms with E-state index in [4.69, 9.17) is 5.26 Å². The van der Waals surface area contributed by atoms with Crippen LogP contribution in [-0.2, 0) is 0 Å². The molecule has 14 heavy (non-hydrogen) atoms.